The molecule has 6 heteroatoms. The van der Waals surface area contributed by atoms with Gasteiger partial charge in [0.1, 0.15) is 0 Å². The van der Waals surface area contributed by atoms with Crippen LogP contribution < -0.4 is 5.43 Å². The number of hydrazine groups is 1. The van der Waals surface area contributed by atoms with E-state index >= 15 is 0 Å². The molecule has 2 fully saturated rings. The van der Waals surface area contributed by atoms with Crippen LogP contribution in [0.4, 0.5) is 5.69 Å². The second kappa shape index (κ2) is 4.17. The van der Waals surface area contributed by atoms with E-state index in [0.29, 0.717) is 5.69 Å². The first kappa shape index (κ1) is 12.1. The minimum Gasteiger partial charge on any atom is -0.365 e. The predicted molar refractivity (Wildman–Crippen MR) is 74.4 cm³/mol. The lowest BCUT2D eigenvalue weighted by atomic mass is 9.85. The zero-order valence-electron chi connectivity index (χ0n) is 10.3. The van der Waals surface area contributed by atoms with E-state index < -0.39 is 0 Å². The van der Waals surface area contributed by atoms with Crippen LogP contribution in [0.5, 0.6) is 0 Å². The molecule has 3 heterocycles. The number of carbonyl (C=O) groups excluding carboxylic acids is 2. The van der Waals surface area contributed by atoms with Crippen LogP contribution in [0.15, 0.2) is 40.9 Å². The van der Waals surface area contributed by atoms with Gasteiger partial charge in [-0.3, -0.25) is 15.0 Å². The highest BCUT2D eigenvalue weighted by molar-refractivity contribution is 9.10. The van der Waals surface area contributed by atoms with Crippen molar-refractivity contribution in [3.05, 3.63) is 40.9 Å². The molecule has 0 unspecified atom stereocenters. The van der Waals surface area contributed by atoms with E-state index in [4.69, 9.17) is 4.74 Å². The summed E-state index contributed by atoms with van der Waals surface area (Å²) in [7, 11) is 0. The molecule has 5 nitrogen and oxygen atoms in total. The van der Waals surface area contributed by atoms with Crippen molar-refractivity contribution in [1.29, 1.82) is 0 Å². The van der Waals surface area contributed by atoms with Gasteiger partial charge in [0.15, 0.2) is 0 Å². The second-order valence-corrected chi connectivity index (χ2v) is 6.05. The second-order valence-electron chi connectivity index (χ2n) is 5.13. The van der Waals surface area contributed by atoms with Crippen molar-refractivity contribution in [3.63, 3.8) is 0 Å². The third kappa shape index (κ3) is 1.58. The Morgan fingerprint density at radius 1 is 1.00 bits per heavy atom. The molecule has 1 aromatic carbocycles. The number of nitrogens with one attached hydrogen (secondary N) is 1. The smallest absolute Gasteiger partial charge is 0.255 e. The molecule has 4 atom stereocenters. The lowest BCUT2D eigenvalue weighted by molar-refractivity contribution is -0.140. The van der Waals surface area contributed by atoms with Crippen LogP contribution in [0.1, 0.15) is 0 Å². The number of imide groups is 1. The summed E-state index contributed by atoms with van der Waals surface area (Å²) in [6.45, 7) is 0. The lowest BCUT2D eigenvalue weighted by Crippen LogP contribution is -2.38. The van der Waals surface area contributed by atoms with Crippen LogP contribution in [-0.4, -0.2) is 29.0 Å². The van der Waals surface area contributed by atoms with Gasteiger partial charge in [0.25, 0.3) is 11.8 Å². The van der Waals surface area contributed by atoms with E-state index in [-0.39, 0.29) is 35.9 Å². The fourth-order valence-corrected chi connectivity index (χ4v) is 3.33. The number of amides is 2. The Morgan fingerprint density at radius 3 is 2.10 bits per heavy atom. The molecule has 0 aromatic heterocycles. The molecule has 3 aliphatic heterocycles. The lowest BCUT2D eigenvalue weighted by Gasteiger charge is -2.19. The molecule has 0 saturated carbocycles. The molecular weight excluding hydrogens is 324 g/mol. The topological polar surface area (TPSA) is 58.6 Å². The van der Waals surface area contributed by atoms with E-state index in [9.17, 15) is 9.59 Å². The first-order valence-electron chi connectivity index (χ1n) is 6.39. The monoisotopic (exact) mass is 334 g/mol. The number of anilines is 1. The molecule has 2 bridgehead atoms. The third-order valence-corrected chi connectivity index (χ3v) is 4.52. The number of hydrogen-bond donors (Lipinski definition) is 1. The molecule has 2 saturated heterocycles. The highest BCUT2D eigenvalue weighted by Crippen LogP contribution is 2.44. The molecular formula is C14H11BrN2O3. The van der Waals surface area contributed by atoms with Crippen LogP contribution in [0.3, 0.4) is 0 Å². The van der Waals surface area contributed by atoms with E-state index in [1.807, 2.05) is 36.4 Å². The third-order valence-electron chi connectivity index (χ3n) is 4.00. The molecule has 0 radical (unpaired) electrons. The minimum absolute atomic E-state index is 0.209. The Morgan fingerprint density at radius 2 is 1.55 bits per heavy atom. The van der Waals surface area contributed by atoms with E-state index in [2.05, 4.69) is 21.4 Å². The summed E-state index contributed by atoms with van der Waals surface area (Å²) in [6.07, 6.45) is 3.25. The number of rotatable bonds is 2. The van der Waals surface area contributed by atoms with E-state index in [1.165, 1.54) is 0 Å². The van der Waals surface area contributed by atoms with Crippen molar-refractivity contribution >= 4 is 33.4 Å². The standard InChI is InChI=1S/C14H11BrN2O3/c15-7-1-3-8(4-2-7)16-17-13(18)11-9-5-6-10(20-9)12(11)14(17)19/h1-6,9-12,16H/t9-,10+,11-,12+. The molecule has 20 heavy (non-hydrogen) atoms. The van der Waals surface area contributed by atoms with Gasteiger partial charge in [0.2, 0.25) is 0 Å². The molecule has 1 aromatic rings. The maximum Gasteiger partial charge on any atom is 0.255 e. The fourth-order valence-electron chi connectivity index (χ4n) is 3.07. The van der Waals surface area contributed by atoms with Gasteiger partial charge in [-0.1, -0.05) is 28.1 Å². The summed E-state index contributed by atoms with van der Waals surface area (Å²) in [6, 6.07) is 7.31. The molecule has 2 amide bonds. The van der Waals surface area contributed by atoms with Crippen molar-refractivity contribution in [3.8, 4) is 0 Å². The number of benzene rings is 1. The first-order valence-corrected chi connectivity index (χ1v) is 7.18. The van der Waals surface area contributed by atoms with Gasteiger partial charge < -0.3 is 4.74 Å². The summed E-state index contributed by atoms with van der Waals surface area (Å²) in [4.78, 5) is 24.8. The van der Waals surface area contributed by atoms with Gasteiger partial charge >= 0.3 is 0 Å². The van der Waals surface area contributed by atoms with Crippen molar-refractivity contribution in [2.75, 3.05) is 5.43 Å². The summed E-state index contributed by atoms with van der Waals surface area (Å²) < 4.78 is 6.52. The Balaban J connectivity index is 1.60. The van der Waals surface area contributed by atoms with Crippen LogP contribution in [0, 0.1) is 11.8 Å². The highest BCUT2D eigenvalue weighted by Gasteiger charge is 2.61. The van der Waals surface area contributed by atoms with Gasteiger partial charge in [-0.15, -0.1) is 0 Å². The number of carbonyl (C=O) groups is 2. The normalized spacial score (nSPS) is 34.0. The summed E-state index contributed by atoms with van der Waals surface area (Å²) in [5.41, 5.74) is 3.60. The number of ether oxygens (including phenoxy) is 1. The maximum absolute atomic E-state index is 12.4. The summed E-state index contributed by atoms with van der Waals surface area (Å²) >= 11 is 3.35. The average Bonchev–Trinajstić information content (AvgIpc) is 3.11. The SMILES string of the molecule is O=C1[C@@H]2[C@H](C(=O)N1Nc1ccc(Br)cc1)[C@H]1C=C[C@@H]2O1. The van der Waals surface area contributed by atoms with Gasteiger partial charge in [0, 0.05) is 4.47 Å². The zero-order chi connectivity index (χ0) is 13.9. The largest absolute Gasteiger partial charge is 0.365 e. The Kier molecular flexibility index (Phi) is 2.52. The molecule has 0 aliphatic carbocycles. The van der Waals surface area contributed by atoms with Crippen molar-refractivity contribution in [2.24, 2.45) is 11.8 Å². The Labute approximate surface area is 123 Å². The van der Waals surface area contributed by atoms with Crippen LogP contribution in [-0.2, 0) is 14.3 Å². The number of fused-ring (bicyclic) bond motifs is 5. The van der Waals surface area contributed by atoms with E-state index in [1.54, 1.807) is 0 Å². The molecule has 102 valence electrons. The molecule has 3 aliphatic rings. The Bertz CT molecular complexity index is 598. The van der Waals surface area contributed by atoms with Crippen molar-refractivity contribution in [1.82, 2.24) is 5.01 Å². The molecule has 4 rings (SSSR count). The summed E-state index contributed by atoms with van der Waals surface area (Å²) in [5.74, 6) is -1.17. The average molecular weight is 335 g/mol. The highest BCUT2D eigenvalue weighted by atomic mass is 79.9. The summed E-state index contributed by atoms with van der Waals surface area (Å²) in [5, 5.41) is 1.13. The Hall–Kier alpha value is -1.66. The van der Waals surface area contributed by atoms with Gasteiger partial charge in [-0.05, 0) is 24.3 Å². The molecule has 1 N–H and O–H groups in total. The van der Waals surface area contributed by atoms with Crippen molar-refractivity contribution < 1.29 is 14.3 Å². The van der Waals surface area contributed by atoms with Crippen LogP contribution in [0.25, 0.3) is 0 Å². The van der Waals surface area contributed by atoms with Crippen LogP contribution in [0.2, 0.25) is 0 Å². The number of halogens is 1. The van der Waals surface area contributed by atoms with Crippen molar-refractivity contribution in [2.45, 2.75) is 12.2 Å². The van der Waals surface area contributed by atoms with Gasteiger partial charge in [-0.2, -0.15) is 5.01 Å². The number of hydrogen-bond acceptors (Lipinski definition) is 4. The van der Waals surface area contributed by atoms with Gasteiger partial charge in [0.05, 0.1) is 29.7 Å². The first-order chi connectivity index (χ1) is 9.65. The van der Waals surface area contributed by atoms with Crippen LogP contribution >= 0.6 is 15.9 Å². The quantitative estimate of drug-likeness (QED) is 0.660. The number of nitrogens with zero attached hydrogens (tertiary/aromatic N) is 1. The van der Waals surface area contributed by atoms with E-state index in [0.717, 1.165) is 9.48 Å². The predicted octanol–water partition coefficient (Wildman–Crippen LogP) is 1.71. The zero-order valence-corrected chi connectivity index (χ0v) is 11.9. The minimum atomic E-state index is -0.375. The van der Waals surface area contributed by atoms with Gasteiger partial charge in [-0.25, -0.2) is 0 Å². The molecule has 0 spiro atoms. The fraction of sp³-hybridized carbons (Fsp3) is 0.286. The maximum atomic E-state index is 12.4.